The summed E-state index contributed by atoms with van der Waals surface area (Å²) in [6, 6.07) is 8.19. The van der Waals surface area contributed by atoms with Crippen LogP contribution in [0.4, 0.5) is 5.69 Å². The molecule has 0 aromatic heterocycles. The van der Waals surface area contributed by atoms with Crippen molar-refractivity contribution in [2.75, 3.05) is 10.5 Å². The Morgan fingerprint density at radius 1 is 1.24 bits per heavy atom. The molecule has 1 aliphatic carbocycles. The lowest BCUT2D eigenvalue weighted by atomic mass is 10.2. The largest absolute Gasteiger partial charge is 0.310 e. The molecular formula is C12H18N2O2S. The SMILES string of the molecule is CCS(=O)(=O)Nc1ccc(CNC2CC2)cc1. The van der Waals surface area contributed by atoms with E-state index in [4.69, 9.17) is 0 Å². The Labute approximate surface area is 102 Å². The predicted octanol–water partition coefficient (Wildman–Crippen LogP) is 1.70. The van der Waals surface area contributed by atoms with E-state index in [1.807, 2.05) is 12.1 Å². The average molecular weight is 254 g/mol. The van der Waals surface area contributed by atoms with E-state index in [0.29, 0.717) is 11.7 Å². The third-order valence-corrected chi connectivity index (χ3v) is 4.09. The van der Waals surface area contributed by atoms with Crippen molar-refractivity contribution in [1.29, 1.82) is 0 Å². The molecule has 0 spiro atoms. The first-order valence-corrected chi connectivity index (χ1v) is 7.57. The summed E-state index contributed by atoms with van der Waals surface area (Å²) in [4.78, 5) is 0. The number of hydrogen-bond acceptors (Lipinski definition) is 3. The number of nitrogens with one attached hydrogen (secondary N) is 2. The van der Waals surface area contributed by atoms with Gasteiger partial charge in [-0.15, -0.1) is 0 Å². The Kier molecular flexibility index (Phi) is 3.69. The van der Waals surface area contributed by atoms with Gasteiger partial charge in [-0.1, -0.05) is 12.1 Å². The molecular weight excluding hydrogens is 236 g/mol. The molecule has 1 aromatic carbocycles. The van der Waals surface area contributed by atoms with E-state index >= 15 is 0 Å². The Hall–Kier alpha value is -1.07. The molecule has 0 aliphatic heterocycles. The van der Waals surface area contributed by atoms with Crippen molar-refractivity contribution in [2.24, 2.45) is 0 Å². The van der Waals surface area contributed by atoms with Crippen molar-refractivity contribution in [3.05, 3.63) is 29.8 Å². The predicted molar refractivity (Wildman–Crippen MR) is 69.4 cm³/mol. The fourth-order valence-electron chi connectivity index (χ4n) is 1.49. The van der Waals surface area contributed by atoms with Crippen molar-refractivity contribution in [2.45, 2.75) is 32.4 Å². The molecule has 0 radical (unpaired) electrons. The Morgan fingerprint density at radius 2 is 1.88 bits per heavy atom. The second-order valence-corrected chi connectivity index (χ2v) is 6.37. The lowest BCUT2D eigenvalue weighted by molar-refractivity contribution is 0.602. The number of anilines is 1. The number of benzene rings is 1. The summed E-state index contributed by atoms with van der Waals surface area (Å²) in [5.41, 5.74) is 1.80. The van der Waals surface area contributed by atoms with E-state index in [1.54, 1.807) is 19.1 Å². The van der Waals surface area contributed by atoms with Crippen LogP contribution in [0.3, 0.4) is 0 Å². The van der Waals surface area contributed by atoms with E-state index in [-0.39, 0.29) is 5.75 Å². The number of hydrogen-bond donors (Lipinski definition) is 2. The summed E-state index contributed by atoms with van der Waals surface area (Å²) in [6.07, 6.45) is 2.54. The second kappa shape index (κ2) is 5.06. The highest BCUT2D eigenvalue weighted by Gasteiger charge is 2.19. The second-order valence-electron chi connectivity index (χ2n) is 4.36. The molecule has 4 nitrogen and oxygen atoms in total. The first kappa shape index (κ1) is 12.4. The molecule has 0 saturated heterocycles. The number of rotatable bonds is 6. The van der Waals surface area contributed by atoms with Crippen molar-refractivity contribution in [3.8, 4) is 0 Å². The zero-order chi connectivity index (χ0) is 12.3. The Balaban J connectivity index is 1.92. The van der Waals surface area contributed by atoms with Gasteiger partial charge in [-0.05, 0) is 37.5 Å². The van der Waals surface area contributed by atoms with Gasteiger partial charge >= 0.3 is 0 Å². The van der Waals surface area contributed by atoms with E-state index in [1.165, 1.54) is 18.4 Å². The topological polar surface area (TPSA) is 58.2 Å². The maximum absolute atomic E-state index is 11.4. The van der Waals surface area contributed by atoms with Crippen LogP contribution in [0.1, 0.15) is 25.3 Å². The molecule has 94 valence electrons. The fraction of sp³-hybridized carbons (Fsp3) is 0.500. The summed E-state index contributed by atoms with van der Waals surface area (Å²) in [5, 5.41) is 3.41. The van der Waals surface area contributed by atoms with E-state index < -0.39 is 10.0 Å². The monoisotopic (exact) mass is 254 g/mol. The van der Waals surface area contributed by atoms with Gasteiger partial charge < -0.3 is 5.32 Å². The molecule has 0 amide bonds. The van der Waals surface area contributed by atoms with Crippen LogP contribution in [0.5, 0.6) is 0 Å². The van der Waals surface area contributed by atoms with Crippen molar-refractivity contribution in [1.82, 2.24) is 5.32 Å². The van der Waals surface area contributed by atoms with Crippen LogP contribution in [0, 0.1) is 0 Å². The van der Waals surface area contributed by atoms with Gasteiger partial charge in [0.1, 0.15) is 0 Å². The smallest absolute Gasteiger partial charge is 0.232 e. The van der Waals surface area contributed by atoms with Gasteiger partial charge in [0.25, 0.3) is 0 Å². The molecule has 2 N–H and O–H groups in total. The Morgan fingerprint density at radius 3 is 2.41 bits per heavy atom. The summed E-state index contributed by atoms with van der Waals surface area (Å²) in [7, 11) is -3.17. The van der Waals surface area contributed by atoms with Crippen LogP contribution >= 0.6 is 0 Å². The molecule has 5 heteroatoms. The third kappa shape index (κ3) is 4.02. The van der Waals surface area contributed by atoms with Gasteiger partial charge in [0.15, 0.2) is 0 Å². The first-order chi connectivity index (χ1) is 8.09. The molecule has 0 unspecified atom stereocenters. The highest BCUT2D eigenvalue weighted by Crippen LogP contribution is 2.19. The number of sulfonamides is 1. The molecule has 0 heterocycles. The minimum atomic E-state index is -3.17. The molecule has 1 aliphatic rings. The fourth-order valence-corrected chi connectivity index (χ4v) is 2.13. The van der Waals surface area contributed by atoms with Gasteiger partial charge in [0.2, 0.25) is 10.0 Å². The first-order valence-electron chi connectivity index (χ1n) is 5.92. The maximum Gasteiger partial charge on any atom is 0.232 e. The van der Waals surface area contributed by atoms with Crippen molar-refractivity contribution in [3.63, 3.8) is 0 Å². The average Bonchev–Trinajstić information content (AvgIpc) is 3.12. The lowest BCUT2D eigenvalue weighted by Gasteiger charge is -2.07. The van der Waals surface area contributed by atoms with Crippen LogP contribution in [-0.4, -0.2) is 20.2 Å². The zero-order valence-electron chi connectivity index (χ0n) is 9.94. The van der Waals surface area contributed by atoms with Gasteiger partial charge in [0, 0.05) is 18.3 Å². The summed E-state index contributed by atoms with van der Waals surface area (Å²) in [5.74, 6) is 0.0952. The molecule has 17 heavy (non-hydrogen) atoms. The molecule has 0 bridgehead atoms. The van der Waals surface area contributed by atoms with Gasteiger partial charge in [-0.2, -0.15) is 0 Å². The normalized spacial score (nSPS) is 15.8. The van der Waals surface area contributed by atoms with Crippen LogP contribution < -0.4 is 10.0 Å². The quantitative estimate of drug-likeness (QED) is 0.812. The van der Waals surface area contributed by atoms with Gasteiger partial charge in [0.05, 0.1) is 5.75 Å². The van der Waals surface area contributed by atoms with E-state index in [2.05, 4.69) is 10.0 Å². The Bertz CT molecular complexity index is 464. The highest BCUT2D eigenvalue weighted by molar-refractivity contribution is 7.92. The van der Waals surface area contributed by atoms with Crippen LogP contribution in [0.25, 0.3) is 0 Å². The third-order valence-electron chi connectivity index (χ3n) is 2.78. The molecule has 1 fully saturated rings. The summed E-state index contributed by atoms with van der Waals surface area (Å²) >= 11 is 0. The van der Waals surface area contributed by atoms with Crippen LogP contribution in [-0.2, 0) is 16.6 Å². The van der Waals surface area contributed by atoms with Crippen molar-refractivity contribution >= 4 is 15.7 Å². The maximum atomic E-state index is 11.4. The minimum absolute atomic E-state index is 0.0952. The van der Waals surface area contributed by atoms with Crippen molar-refractivity contribution < 1.29 is 8.42 Å². The van der Waals surface area contributed by atoms with E-state index in [0.717, 1.165) is 6.54 Å². The van der Waals surface area contributed by atoms with Gasteiger partial charge in [-0.3, -0.25) is 4.72 Å². The minimum Gasteiger partial charge on any atom is -0.310 e. The highest BCUT2D eigenvalue weighted by atomic mass is 32.2. The summed E-state index contributed by atoms with van der Waals surface area (Å²) < 4.78 is 25.2. The standard InChI is InChI=1S/C12H18N2O2S/c1-2-17(15,16)14-12-5-3-10(4-6-12)9-13-11-7-8-11/h3-6,11,13-14H,2,7-9H2,1H3. The zero-order valence-corrected chi connectivity index (χ0v) is 10.8. The molecule has 1 aromatic rings. The van der Waals surface area contributed by atoms with Crippen LogP contribution in [0.15, 0.2) is 24.3 Å². The van der Waals surface area contributed by atoms with Gasteiger partial charge in [-0.25, -0.2) is 8.42 Å². The summed E-state index contributed by atoms with van der Waals surface area (Å²) in [6.45, 7) is 2.47. The molecule has 1 saturated carbocycles. The molecule has 2 rings (SSSR count). The molecule has 0 atom stereocenters. The van der Waals surface area contributed by atoms with Crippen LogP contribution in [0.2, 0.25) is 0 Å². The van der Waals surface area contributed by atoms with E-state index in [9.17, 15) is 8.42 Å². The lowest BCUT2D eigenvalue weighted by Crippen LogP contribution is -2.16.